The number of nitrogens with zero attached hydrogens (tertiary/aromatic N) is 3. The molecule has 0 saturated carbocycles. The molecule has 2 aromatic rings. The van der Waals surface area contributed by atoms with Crippen LogP contribution >= 0.6 is 11.6 Å². The van der Waals surface area contributed by atoms with Crippen LogP contribution in [0, 0.1) is 5.82 Å². The maximum atomic E-state index is 13.9. The topological polar surface area (TPSA) is 41.3 Å². The van der Waals surface area contributed by atoms with Crippen LogP contribution in [0.3, 0.4) is 0 Å². The highest BCUT2D eigenvalue weighted by atomic mass is 35.5. The third kappa shape index (κ3) is 3.10. The first-order valence-corrected chi connectivity index (χ1v) is 7.37. The van der Waals surface area contributed by atoms with E-state index in [-0.39, 0.29) is 12.4 Å². The van der Waals surface area contributed by atoms with E-state index in [4.69, 9.17) is 11.6 Å². The molecule has 0 amide bonds. The zero-order valence-corrected chi connectivity index (χ0v) is 12.4. The zero-order chi connectivity index (χ0) is 14.8. The van der Waals surface area contributed by atoms with Gasteiger partial charge >= 0.3 is 0 Å². The van der Waals surface area contributed by atoms with Gasteiger partial charge in [-0.25, -0.2) is 4.39 Å². The van der Waals surface area contributed by atoms with Gasteiger partial charge in [0.1, 0.15) is 5.82 Å². The Morgan fingerprint density at radius 3 is 2.95 bits per heavy atom. The molecule has 6 heteroatoms. The predicted octanol–water partition coefficient (Wildman–Crippen LogP) is 2.57. The van der Waals surface area contributed by atoms with Crippen LogP contribution in [0.15, 0.2) is 24.3 Å². The van der Waals surface area contributed by atoms with Crippen LogP contribution in [0.5, 0.6) is 0 Å². The number of aliphatic hydroxyl groups excluding tert-OH is 1. The molecule has 3 rings (SSSR count). The van der Waals surface area contributed by atoms with Crippen LogP contribution in [0.4, 0.5) is 4.39 Å². The third-order valence-corrected chi connectivity index (χ3v) is 4.10. The van der Waals surface area contributed by atoms with Gasteiger partial charge in [0.25, 0.3) is 0 Å². The Morgan fingerprint density at radius 1 is 1.33 bits per heavy atom. The second-order valence-corrected chi connectivity index (χ2v) is 5.68. The van der Waals surface area contributed by atoms with Crippen molar-refractivity contribution in [1.82, 2.24) is 14.7 Å². The summed E-state index contributed by atoms with van der Waals surface area (Å²) in [5, 5.41) is 14.0. The van der Waals surface area contributed by atoms with E-state index in [1.807, 2.05) is 10.7 Å². The zero-order valence-electron chi connectivity index (χ0n) is 11.6. The number of aromatic nitrogens is 2. The molecule has 1 aromatic carbocycles. The maximum Gasteiger partial charge on any atom is 0.129 e. The van der Waals surface area contributed by atoms with Crippen molar-refractivity contribution in [2.75, 3.05) is 6.54 Å². The van der Waals surface area contributed by atoms with Crippen LogP contribution in [-0.4, -0.2) is 26.3 Å². The first-order chi connectivity index (χ1) is 10.2. The predicted molar refractivity (Wildman–Crippen MR) is 78.3 cm³/mol. The lowest BCUT2D eigenvalue weighted by Gasteiger charge is -2.20. The van der Waals surface area contributed by atoms with Crippen molar-refractivity contribution in [2.24, 2.45) is 0 Å². The number of fused-ring (bicyclic) bond motifs is 1. The Hall–Kier alpha value is -1.43. The molecule has 1 aliphatic rings. The smallest absolute Gasteiger partial charge is 0.129 e. The third-order valence-electron chi connectivity index (χ3n) is 3.75. The molecule has 0 fully saturated rings. The molecule has 0 saturated heterocycles. The molecule has 0 aliphatic carbocycles. The van der Waals surface area contributed by atoms with E-state index < -0.39 is 0 Å². The number of aryl methyl sites for hydroxylation is 1. The van der Waals surface area contributed by atoms with Crippen LogP contribution in [0.25, 0.3) is 0 Å². The Kier molecular flexibility index (Phi) is 4.24. The van der Waals surface area contributed by atoms with Gasteiger partial charge in [0.2, 0.25) is 0 Å². The second kappa shape index (κ2) is 6.13. The van der Waals surface area contributed by atoms with Crippen molar-refractivity contribution >= 4 is 11.6 Å². The van der Waals surface area contributed by atoms with Gasteiger partial charge in [0.05, 0.1) is 18.0 Å². The molecule has 0 bridgehead atoms. The average molecular weight is 310 g/mol. The van der Waals surface area contributed by atoms with E-state index in [0.29, 0.717) is 29.4 Å². The molecule has 0 atom stereocenters. The molecule has 2 heterocycles. The molecule has 0 radical (unpaired) electrons. The number of halogens is 2. The summed E-state index contributed by atoms with van der Waals surface area (Å²) in [7, 11) is 0. The highest BCUT2D eigenvalue weighted by Gasteiger charge is 2.18. The minimum absolute atomic E-state index is 0.0564. The monoisotopic (exact) mass is 309 g/mol. The summed E-state index contributed by atoms with van der Waals surface area (Å²) in [5.41, 5.74) is 2.26. The van der Waals surface area contributed by atoms with Crippen LogP contribution in [-0.2, 0) is 26.2 Å². The lowest BCUT2D eigenvalue weighted by molar-refractivity contribution is 0.256. The molecule has 4 nitrogen and oxygen atoms in total. The molecule has 1 aromatic heterocycles. The van der Waals surface area contributed by atoms with Crippen molar-refractivity contribution in [3.8, 4) is 0 Å². The van der Waals surface area contributed by atoms with E-state index in [2.05, 4.69) is 10.00 Å². The molecule has 21 heavy (non-hydrogen) atoms. The number of rotatable bonds is 3. The van der Waals surface area contributed by atoms with E-state index in [1.54, 1.807) is 12.1 Å². The Bertz CT molecular complexity index is 624. The summed E-state index contributed by atoms with van der Waals surface area (Å²) < 4.78 is 15.8. The Balaban J connectivity index is 1.80. The Labute approximate surface area is 127 Å². The molecule has 0 spiro atoms. The van der Waals surface area contributed by atoms with Gasteiger partial charge < -0.3 is 5.11 Å². The van der Waals surface area contributed by atoms with Gasteiger partial charge in [-0.15, -0.1) is 0 Å². The van der Waals surface area contributed by atoms with Crippen molar-refractivity contribution < 1.29 is 9.50 Å². The van der Waals surface area contributed by atoms with Crippen LogP contribution in [0.1, 0.15) is 23.4 Å². The standard InChI is InChI=1S/C15H17ClFN3O/c16-14-3-1-4-15(17)13(14)9-19-5-2-6-20-12(8-19)7-11(10-21)18-20/h1,3-4,7,21H,2,5-6,8-10H2. The van der Waals surface area contributed by atoms with E-state index in [0.717, 1.165) is 25.2 Å². The molecule has 1 aliphatic heterocycles. The lowest BCUT2D eigenvalue weighted by Crippen LogP contribution is -2.23. The highest BCUT2D eigenvalue weighted by molar-refractivity contribution is 6.31. The molecular formula is C15H17ClFN3O. The fraction of sp³-hybridized carbons (Fsp3) is 0.400. The van der Waals surface area contributed by atoms with Gasteiger partial charge in [0.15, 0.2) is 0 Å². The highest BCUT2D eigenvalue weighted by Crippen LogP contribution is 2.23. The number of benzene rings is 1. The fourth-order valence-electron chi connectivity index (χ4n) is 2.71. The quantitative estimate of drug-likeness (QED) is 0.947. The summed E-state index contributed by atoms with van der Waals surface area (Å²) in [6, 6.07) is 6.67. The second-order valence-electron chi connectivity index (χ2n) is 5.27. The van der Waals surface area contributed by atoms with Crippen molar-refractivity contribution in [3.63, 3.8) is 0 Å². The van der Waals surface area contributed by atoms with Crippen LogP contribution < -0.4 is 0 Å². The number of hydrogen-bond acceptors (Lipinski definition) is 3. The van der Waals surface area contributed by atoms with Gasteiger partial charge in [-0.1, -0.05) is 17.7 Å². The molecule has 1 N–H and O–H groups in total. The SMILES string of the molecule is OCc1cc2n(n1)CCCN(Cc1c(F)cccc1Cl)C2. The lowest BCUT2D eigenvalue weighted by atomic mass is 10.2. The number of aliphatic hydroxyl groups is 1. The average Bonchev–Trinajstić information content (AvgIpc) is 2.75. The van der Waals surface area contributed by atoms with Gasteiger partial charge in [-0.2, -0.15) is 5.10 Å². The van der Waals surface area contributed by atoms with Gasteiger partial charge in [-0.3, -0.25) is 9.58 Å². The fourth-order valence-corrected chi connectivity index (χ4v) is 2.93. The summed E-state index contributed by atoms with van der Waals surface area (Å²) in [4.78, 5) is 2.16. The first-order valence-electron chi connectivity index (χ1n) is 6.99. The van der Waals surface area contributed by atoms with Crippen LogP contribution in [0.2, 0.25) is 5.02 Å². The Morgan fingerprint density at radius 2 is 2.19 bits per heavy atom. The van der Waals surface area contributed by atoms with Crippen molar-refractivity contribution in [1.29, 1.82) is 0 Å². The maximum absolute atomic E-state index is 13.9. The summed E-state index contributed by atoms with van der Waals surface area (Å²) in [6.45, 7) is 2.78. The van der Waals surface area contributed by atoms with E-state index in [9.17, 15) is 9.50 Å². The minimum Gasteiger partial charge on any atom is -0.390 e. The molecule has 112 valence electrons. The van der Waals surface area contributed by atoms with E-state index in [1.165, 1.54) is 6.07 Å². The molecule has 0 unspecified atom stereocenters. The summed E-state index contributed by atoms with van der Waals surface area (Å²) in [5.74, 6) is -0.267. The first kappa shape index (κ1) is 14.5. The van der Waals surface area contributed by atoms with Crippen molar-refractivity contribution in [3.05, 3.63) is 52.1 Å². The van der Waals surface area contributed by atoms with E-state index >= 15 is 0 Å². The van der Waals surface area contributed by atoms with Gasteiger partial charge in [-0.05, 0) is 24.6 Å². The number of hydrogen-bond donors (Lipinski definition) is 1. The summed E-state index contributed by atoms with van der Waals surface area (Å²) >= 11 is 6.10. The van der Waals surface area contributed by atoms with Gasteiger partial charge in [0, 0.05) is 36.8 Å². The minimum atomic E-state index is -0.267. The molecular weight excluding hydrogens is 293 g/mol. The largest absolute Gasteiger partial charge is 0.390 e. The normalized spacial score (nSPS) is 15.8. The van der Waals surface area contributed by atoms with Crippen molar-refractivity contribution in [2.45, 2.75) is 32.7 Å². The summed E-state index contributed by atoms with van der Waals surface area (Å²) in [6.07, 6.45) is 0.936.